The van der Waals surface area contributed by atoms with Crippen LogP contribution in [0.4, 0.5) is 0 Å². The highest BCUT2D eigenvalue weighted by Crippen LogP contribution is 2.38. The Labute approximate surface area is 128 Å². The topological polar surface area (TPSA) is 29.3 Å². The van der Waals surface area contributed by atoms with E-state index in [1.165, 1.54) is 10.6 Å². The Bertz CT molecular complexity index is 364. The Balaban J connectivity index is 2.15. The molecule has 1 aliphatic heterocycles. The average Bonchev–Trinajstić information content (AvgIpc) is 2.60. The van der Waals surface area contributed by atoms with Crippen molar-refractivity contribution in [3.05, 3.63) is 19.2 Å². The van der Waals surface area contributed by atoms with Gasteiger partial charge in [0, 0.05) is 40.0 Å². The van der Waals surface area contributed by atoms with Crippen molar-refractivity contribution < 1.29 is 0 Å². The van der Waals surface area contributed by atoms with Crippen molar-refractivity contribution >= 4 is 55.0 Å². The van der Waals surface area contributed by atoms with Gasteiger partial charge in [-0.25, -0.2) is 0 Å². The van der Waals surface area contributed by atoms with E-state index in [2.05, 4.69) is 61.5 Å². The molecule has 1 fully saturated rings. The van der Waals surface area contributed by atoms with Crippen LogP contribution in [0.1, 0.15) is 17.8 Å². The molecule has 2 rings (SSSR count). The lowest BCUT2D eigenvalue weighted by Gasteiger charge is -2.36. The lowest BCUT2D eigenvalue weighted by atomic mass is 10.2. The number of nitrogens with two attached hydrogens (primary N) is 1. The van der Waals surface area contributed by atoms with Gasteiger partial charge in [0.2, 0.25) is 0 Å². The van der Waals surface area contributed by atoms with E-state index in [1.807, 2.05) is 0 Å². The van der Waals surface area contributed by atoms with Gasteiger partial charge < -0.3 is 5.73 Å². The van der Waals surface area contributed by atoms with Crippen molar-refractivity contribution in [2.75, 3.05) is 25.4 Å². The van der Waals surface area contributed by atoms with E-state index in [1.54, 1.807) is 11.3 Å². The highest BCUT2D eigenvalue weighted by molar-refractivity contribution is 9.13. The van der Waals surface area contributed by atoms with Crippen molar-refractivity contribution in [2.24, 2.45) is 5.73 Å². The Kier molecular flexibility index (Phi) is 5.39. The number of rotatable bonds is 3. The zero-order valence-corrected chi connectivity index (χ0v) is 14.5. The fourth-order valence-corrected chi connectivity index (χ4v) is 5.38. The van der Waals surface area contributed by atoms with Gasteiger partial charge in [-0.1, -0.05) is 6.92 Å². The van der Waals surface area contributed by atoms with Gasteiger partial charge in [0.15, 0.2) is 0 Å². The second-order valence-electron chi connectivity index (χ2n) is 4.20. The van der Waals surface area contributed by atoms with E-state index in [0.29, 0.717) is 17.8 Å². The maximum atomic E-state index is 5.97. The van der Waals surface area contributed by atoms with Gasteiger partial charge in [-0.05, 0) is 37.9 Å². The zero-order valence-electron chi connectivity index (χ0n) is 9.66. The summed E-state index contributed by atoms with van der Waals surface area (Å²) in [5, 5.41) is 0.713. The van der Waals surface area contributed by atoms with Crippen LogP contribution in [-0.4, -0.2) is 35.5 Å². The van der Waals surface area contributed by atoms with E-state index in [9.17, 15) is 0 Å². The molecule has 0 aromatic carbocycles. The van der Waals surface area contributed by atoms with Gasteiger partial charge in [-0.2, -0.15) is 11.8 Å². The van der Waals surface area contributed by atoms with Gasteiger partial charge in [0.1, 0.15) is 0 Å². The van der Waals surface area contributed by atoms with Crippen LogP contribution in [0.2, 0.25) is 0 Å². The standard InChI is InChI=1S/C11H16Br2N2S2/c1-7-6-15(2-3-16-7)9(5-14)10-4-8(12)11(13)17-10/h4,7,9H,2-3,5-6,14H2,1H3. The first-order chi connectivity index (χ1) is 8.11. The second-order valence-corrected chi connectivity index (χ2v) is 9.00. The molecule has 0 aliphatic carbocycles. The number of hydrogen-bond donors (Lipinski definition) is 1. The summed E-state index contributed by atoms with van der Waals surface area (Å²) in [6.07, 6.45) is 0. The molecule has 0 amide bonds. The summed E-state index contributed by atoms with van der Waals surface area (Å²) in [5.41, 5.74) is 5.97. The summed E-state index contributed by atoms with van der Waals surface area (Å²) in [7, 11) is 0. The second kappa shape index (κ2) is 6.39. The van der Waals surface area contributed by atoms with Crippen molar-refractivity contribution in [3.8, 4) is 0 Å². The number of thioether (sulfide) groups is 1. The summed E-state index contributed by atoms with van der Waals surface area (Å²) < 4.78 is 2.29. The number of nitrogens with zero attached hydrogens (tertiary/aromatic N) is 1. The van der Waals surface area contributed by atoms with E-state index < -0.39 is 0 Å². The molecule has 1 saturated heterocycles. The lowest BCUT2D eigenvalue weighted by Crippen LogP contribution is -2.41. The van der Waals surface area contributed by atoms with Gasteiger partial charge in [0.05, 0.1) is 9.83 Å². The molecule has 2 unspecified atom stereocenters. The summed E-state index contributed by atoms with van der Waals surface area (Å²) in [6, 6.07) is 2.56. The van der Waals surface area contributed by atoms with Crippen LogP contribution in [0.15, 0.2) is 14.3 Å². The van der Waals surface area contributed by atoms with Crippen LogP contribution in [0, 0.1) is 0 Å². The minimum Gasteiger partial charge on any atom is -0.329 e. The normalized spacial score (nSPS) is 23.9. The molecule has 2 heterocycles. The Morgan fingerprint density at radius 3 is 2.88 bits per heavy atom. The SMILES string of the molecule is CC1CN(C(CN)c2cc(Br)c(Br)s2)CCS1. The molecular formula is C11H16Br2N2S2. The molecule has 0 radical (unpaired) electrons. The third kappa shape index (κ3) is 3.48. The summed E-state index contributed by atoms with van der Waals surface area (Å²) in [4.78, 5) is 3.87. The molecular weight excluding hydrogens is 384 g/mol. The molecule has 96 valence electrons. The minimum absolute atomic E-state index is 0.367. The van der Waals surface area contributed by atoms with Gasteiger partial charge in [0.25, 0.3) is 0 Å². The average molecular weight is 400 g/mol. The third-order valence-electron chi connectivity index (χ3n) is 2.93. The highest BCUT2D eigenvalue weighted by atomic mass is 79.9. The van der Waals surface area contributed by atoms with Crippen molar-refractivity contribution in [1.82, 2.24) is 4.90 Å². The van der Waals surface area contributed by atoms with Crippen LogP contribution >= 0.6 is 55.0 Å². The van der Waals surface area contributed by atoms with Crippen LogP contribution in [0.3, 0.4) is 0 Å². The maximum Gasteiger partial charge on any atom is 0.0843 e. The Morgan fingerprint density at radius 2 is 2.35 bits per heavy atom. The molecule has 2 nitrogen and oxygen atoms in total. The molecule has 0 saturated carbocycles. The fourth-order valence-electron chi connectivity index (χ4n) is 2.10. The molecule has 0 bridgehead atoms. The Hall–Kier alpha value is 0.930. The highest BCUT2D eigenvalue weighted by Gasteiger charge is 2.26. The predicted molar refractivity (Wildman–Crippen MR) is 85.0 cm³/mol. The number of hydrogen-bond acceptors (Lipinski definition) is 4. The van der Waals surface area contributed by atoms with E-state index in [0.717, 1.165) is 21.3 Å². The first-order valence-electron chi connectivity index (χ1n) is 5.62. The molecule has 1 aromatic heterocycles. The van der Waals surface area contributed by atoms with Crippen molar-refractivity contribution in [3.63, 3.8) is 0 Å². The molecule has 1 aliphatic rings. The van der Waals surface area contributed by atoms with Crippen molar-refractivity contribution in [2.45, 2.75) is 18.2 Å². The van der Waals surface area contributed by atoms with Crippen LogP contribution in [0.25, 0.3) is 0 Å². The molecule has 1 aromatic rings. The van der Waals surface area contributed by atoms with E-state index >= 15 is 0 Å². The predicted octanol–water partition coefficient (Wildman–Crippen LogP) is 3.71. The zero-order chi connectivity index (χ0) is 12.4. The van der Waals surface area contributed by atoms with E-state index in [4.69, 9.17) is 5.73 Å². The van der Waals surface area contributed by atoms with Gasteiger partial charge in [-0.15, -0.1) is 11.3 Å². The quantitative estimate of drug-likeness (QED) is 0.839. The number of thiophene rings is 1. The first-order valence-corrected chi connectivity index (χ1v) is 9.07. The number of halogens is 2. The smallest absolute Gasteiger partial charge is 0.0843 e. The molecule has 0 spiro atoms. The summed E-state index contributed by atoms with van der Waals surface area (Å²) in [5.74, 6) is 1.21. The monoisotopic (exact) mass is 398 g/mol. The Morgan fingerprint density at radius 1 is 1.59 bits per heavy atom. The largest absolute Gasteiger partial charge is 0.329 e. The van der Waals surface area contributed by atoms with Crippen LogP contribution in [0.5, 0.6) is 0 Å². The lowest BCUT2D eigenvalue weighted by molar-refractivity contribution is 0.214. The van der Waals surface area contributed by atoms with Crippen LogP contribution in [-0.2, 0) is 0 Å². The summed E-state index contributed by atoms with van der Waals surface area (Å²) in [6.45, 7) is 5.27. The van der Waals surface area contributed by atoms with Crippen LogP contribution < -0.4 is 5.73 Å². The fraction of sp³-hybridized carbons (Fsp3) is 0.636. The summed E-state index contributed by atoms with van der Waals surface area (Å²) >= 11 is 10.9. The molecule has 17 heavy (non-hydrogen) atoms. The molecule has 2 atom stereocenters. The van der Waals surface area contributed by atoms with E-state index in [-0.39, 0.29) is 0 Å². The molecule has 2 N–H and O–H groups in total. The first kappa shape index (κ1) is 14.3. The van der Waals surface area contributed by atoms with Gasteiger partial charge in [-0.3, -0.25) is 4.90 Å². The van der Waals surface area contributed by atoms with Gasteiger partial charge >= 0.3 is 0 Å². The third-order valence-corrected chi connectivity index (χ3v) is 7.42. The molecule has 6 heteroatoms. The minimum atomic E-state index is 0.367. The maximum absolute atomic E-state index is 5.97. The van der Waals surface area contributed by atoms with Crippen molar-refractivity contribution in [1.29, 1.82) is 0 Å².